The summed E-state index contributed by atoms with van der Waals surface area (Å²) in [5.41, 5.74) is 3.76. The number of hydrazine groups is 1. The summed E-state index contributed by atoms with van der Waals surface area (Å²) in [5, 5.41) is 0. The number of ether oxygens (including phenoxy) is 1. The molecule has 6 heteroatoms. The van der Waals surface area contributed by atoms with Gasteiger partial charge in [0.2, 0.25) is 5.91 Å². The number of rotatable bonds is 5. The molecule has 4 nitrogen and oxygen atoms in total. The topological polar surface area (TPSA) is 64.3 Å². The van der Waals surface area contributed by atoms with E-state index in [-0.39, 0.29) is 24.8 Å². The molecular formula is C15H14BrFN2O2. The molecule has 0 aliphatic rings. The Kier molecular flexibility index (Phi) is 5.30. The van der Waals surface area contributed by atoms with Crippen LogP contribution < -0.4 is 16.0 Å². The molecule has 0 saturated heterocycles. The zero-order valence-electron chi connectivity index (χ0n) is 11.1. The number of carbonyl (C=O) groups excluding carboxylic acids is 1. The number of carbonyl (C=O) groups is 1. The average Bonchev–Trinajstić information content (AvgIpc) is 2.45. The molecule has 2 aromatic rings. The summed E-state index contributed by atoms with van der Waals surface area (Å²) in [7, 11) is 0. The Labute approximate surface area is 130 Å². The zero-order valence-corrected chi connectivity index (χ0v) is 12.7. The minimum absolute atomic E-state index is 0.170. The molecule has 0 bridgehead atoms. The van der Waals surface area contributed by atoms with Crippen molar-refractivity contribution in [1.29, 1.82) is 0 Å². The van der Waals surface area contributed by atoms with Gasteiger partial charge in [-0.2, -0.15) is 0 Å². The van der Waals surface area contributed by atoms with Gasteiger partial charge < -0.3 is 4.74 Å². The summed E-state index contributed by atoms with van der Waals surface area (Å²) >= 11 is 3.21. The van der Waals surface area contributed by atoms with E-state index in [4.69, 9.17) is 10.6 Å². The van der Waals surface area contributed by atoms with Crippen molar-refractivity contribution in [2.75, 3.05) is 0 Å². The number of nitrogens with one attached hydrogen (secondary N) is 1. The van der Waals surface area contributed by atoms with Gasteiger partial charge >= 0.3 is 0 Å². The summed E-state index contributed by atoms with van der Waals surface area (Å²) in [5.74, 6) is 4.85. The number of amides is 1. The van der Waals surface area contributed by atoms with Gasteiger partial charge in [-0.25, -0.2) is 10.2 Å². The third-order valence-corrected chi connectivity index (χ3v) is 3.32. The molecule has 1 amide bonds. The molecular weight excluding hydrogens is 339 g/mol. The number of halogens is 2. The maximum atomic E-state index is 13.3. The van der Waals surface area contributed by atoms with Gasteiger partial charge in [-0.3, -0.25) is 10.2 Å². The molecule has 21 heavy (non-hydrogen) atoms. The van der Waals surface area contributed by atoms with Crippen LogP contribution in [0.2, 0.25) is 0 Å². The van der Waals surface area contributed by atoms with Crippen LogP contribution >= 0.6 is 15.9 Å². The second kappa shape index (κ2) is 7.19. The Hall–Kier alpha value is -1.92. The van der Waals surface area contributed by atoms with Crippen LogP contribution in [0.4, 0.5) is 4.39 Å². The first-order chi connectivity index (χ1) is 10.1. The summed E-state index contributed by atoms with van der Waals surface area (Å²) in [4.78, 5) is 11.4. The van der Waals surface area contributed by atoms with Crippen LogP contribution in [-0.2, 0) is 17.8 Å². The highest BCUT2D eigenvalue weighted by Gasteiger charge is 2.08. The fraction of sp³-hybridized carbons (Fsp3) is 0.133. The number of hydrogen-bond donors (Lipinski definition) is 2. The number of nitrogens with two attached hydrogens (primary N) is 1. The predicted octanol–water partition coefficient (Wildman–Crippen LogP) is 2.70. The van der Waals surface area contributed by atoms with Crippen LogP contribution in [0.1, 0.15) is 11.1 Å². The lowest BCUT2D eigenvalue weighted by atomic mass is 10.1. The third kappa shape index (κ3) is 4.54. The fourth-order valence-electron chi connectivity index (χ4n) is 1.87. The van der Waals surface area contributed by atoms with Gasteiger partial charge in [0.15, 0.2) is 0 Å². The lowest BCUT2D eigenvalue weighted by molar-refractivity contribution is -0.120. The Bertz CT molecular complexity index is 629. The van der Waals surface area contributed by atoms with E-state index in [2.05, 4.69) is 21.4 Å². The summed E-state index contributed by atoms with van der Waals surface area (Å²) in [6.45, 7) is 0.240. The smallest absolute Gasteiger partial charge is 0.238 e. The van der Waals surface area contributed by atoms with Crippen LogP contribution in [0.3, 0.4) is 0 Å². The second-order valence-corrected chi connectivity index (χ2v) is 5.32. The predicted molar refractivity (Wildman–Crippen MR) is 80.9 cm³/mol. The summed E-state index contributed by atoms with van der Waals surface area (Å²) < 4.78 is 19.5. The first kappa shape index (κ1) is 15.5. The van der Waals surface area contributed by atoms with E-state index in [0.717, 1.165) is 11.1 Å². The van der Waals surface area contributed by atoms with Gasteiger partial charge in [-0.05, 0) is 23.3 Å². The van der Waals surface area contributed by atoms with Crippen molar-refractivity contribution in [2.45, 2.75) is 13.0 Å². The van der Waals surface area contributed by atoms with Crippen LogP contribution in [0.15, 0.2) is 46.9 Å². The third-order valence-electron chi connectivity index (χ3n) is 2.86. The molecule has 0 unspecified atom stereocenters. The van der Waals surface area contributed by atoms with E-state index in [9.17, 15) is 9.18 Å². The molecule has 0 spiro atoms. The molecule has 0 fully saturated rings. The van der Waals surface area contributed by atoms with E-state index < -0.39 is 0 Å². The maximum absolute atomic E-state index is 13.3. The van der Waals surface area contributed by atoms with Crippen molar-refractivity contribution >= 4 is 21.8 Å². The summed E-state index contributed by atoms with van der Waals surface area (Å²) in [6.07, 6.45) is 0.170. The zero-order chi connectivity index (χ0) is 15.2. The Morgan fingerprint density at radius 2 is 1.95 bits per heavy atom. The molecule has 2 aromatic carbocycles. The monoisotopic (exact) mass is 352 g/mol. The summed E-state index contributed by atoms with van der Waals surface area (Å²) in [6, 6.07) is 11.7. The van der Waals surface area contributed by atoms with E-state index in [0.29, 0.717) is 10.2 Å². The highest BCUT2D eigenvalue weighted by molar-refractivity contribution is 9.10. The van der Waals surface area contributed by atoms with Crippen LogP contribution in [-0.4, -0.2) is 5.91 Å². The average molecular weight is 353 g/mol. The molecule has 3 N–H and O–H groups in total. The van der Waals surface area contributed by atoms with Crippen molar-refractivity contribution in [3.63, 3.8) is 0 Å². The normalized spacial score (nSPS) is 10.2. The highest BCUT2D eigenvalue weighted by atomic mass is 79.9. The van der Waals surface area contributed by atoms with Crippen molar-refractivity contribution in [3.05, 3.63) is 63.9 Å². The largest absolute Gasteiger partial charge is 0.489 e. The van der Waals surface area contributed by atoms with Crippen LogP contribution in [0, 0.1) is 5.82 Å². The molecule has 2 rings (SSSR count). The van der Waals surface area contributed by atoms with E-state index in [1.165, 1.54) is 12.1 Å². The molecule has 110 valence electrons. The lowest BCUT2D eigenvalue weighted by Gasteiger charge is -2.11. The van der Waals surface area contributed by atoms with E-state index in [1.807, 2.05) is 24.3 Å². The Balaban J connectivity index is 2.10. The van der Waals surface area contributed by atoms with Gasteiger partial charge in [-0.1, -0.05) is 40.2 Å². The minimum atomic E-state index is -0.379. The standard InChI is InChI=1S/C15H14BrFN2O2/c16-12-6-13(17)8-14(7-12)21-9-11-4-2-1-3-10(11)5-15(20)19-18/h1-4,6-8H,5,9,18H2,(H,19,20). The Morgan fingerprint density at radius 1 is 1.24 bits per heavy atom. The molecule has 0 radical (unpaired) electrons. The quantitative estimate of drug-likeness (QED) is 0.494. The van der Waals surface area contributed by atoms with Crippen molar-refractivity contribution in [3.8, 4) is 5.75 Å². The van der Waals surface area contributed by atoms with Gasteiger partial charge in [-0.15, -0.1) is 0 Å². The molecule has 0 atom stereocenters. The van der Waals surface area contributed by atoms with Gasteiger partial charge in [0.05, 0.1) is 6.42 Å². The highest BCUT2D eigenvalue weighted by Crippen LogP contribution is 2.22. The Morgan fingerprint density at radius 3 is 2.62 bits per heavy atom. The van der Waals surface area contributed by atoms with Gasteiger partial charge in [0, 0.05) is 10.5 Å². The molecule has 0 aromatic heterocycles. The molecule has 0 heterocycles. The minimum Gasteiger partial charge on any atom is -0.489 e. The first-order valence-electron chi connectivity index (χ1n) is 6.23. The first-order valence-corrected chi connectivity index (χ1v) is 7.03. The second-order valence-electron chi connectivity index (χ2n) is 4.41. The molecule has 0 saturated carbocycles. The van der Waals surface area contributed by atoms with E-state index in [1.54, 1.807) is 6.07 Å². The van der Waals surface area contributed by atoms with Gasteiger partial charge in [0.1, 0.15) is 18.2 Å². The number of hydrogen-bond acceptors (Lipinski definition) is 3. The number of benzene rings is 2. The van der Waals surface area contributed by atoms with Crippen molar-refractivity contribution in [1.82, 2.24) is 5.43 Å². The lowest BCUT2D eigenvalue weighted by Crippen LogP contribution is -2.31. The van der Waals surface area contributed by atoms with Crippen molar-refractivity contribution in [2.24, 2.45) is 5.84 Å². The fourth-order valence-corrected chi connectivity index (χ4v) is 2.31. The van der Waals surface area contributed by atoms with E-state index >= 15 is 0 Å². The van der Waals surface area contributed by atoms with Crippen molar-refractivity contribution < 1.29 is 13.9 Å². The van der Waals surface area contributed by atoms with Crippen LogP contribution in [0.25, 0.3) is 0 Å². The maximum Gasteiger partial charge on any atom is 0.238 e. The molecule has 0 aliphatic heterocycles. The van der Waals surface area contributed by atoms with Gasteiger partial charge in [0.25, 0.3) is 0 Å². The SMILES string of the molecule is NNC(=O)Cc1ccccc1COc1cc(F)cc(Br)c1. The molecule has 0 aliphatic carbocycles. The van der Waals surface area contributed by atoms with Crippen LogP contribution in [0.5, 0.6) is 5.75 Å².